The number of hydrogen-bond donors (Lipinski definition) is 2. The SMILES string of the molecule is CC1CNCC(NC(=O)C2CCCOC2)C1. The Morgan fingerprint density at radius 1 is 1.44 bits per heavy atom. The Balaban J connectivity index is 1.77. The molecule has 2 fully saturated rings. The summed E-state index contributed by atoms with van der Waals surface area (Å²) in [5.74, 6) is 0.910. The molecule has 1 amide bonds. The highest BCUT2D eigenvalue weighted by molar-refractivity contribution is 5.79. The van der Waals surface area contributed by atoms with E-state index in [0.717, 1.165) is 39.0 Å². The molecule has 3 atom stereocenters. The molecule has 0 aromatic carbocycles. The van der Waals surface area contributed by atoms with Gasteiger partial charge >= 0.3 is 0 Å². The van der Waals surface area contributed by atoms with Crippen LogP contribution >= 0.6 is 0 Å². The minimum Gasteiger partial charge on any atom is -0.381 e. The molecular formula is C12H22N2O2. The van der Waals surface area contributed by atoms with Crippen molar-refractivity contribution in [2.45, 2.75) is 32.2 Å². The largest absolute Gasteiger partial charge is 0.381 e. The van der Waals surface area contributed by atoms with Gasteiger partial charge in [-0.2, -0.15) is 0 Å². The lowest BCUT2D eigenvalue weighted by molar-refractivity contribution is -0.129. The van der Waals surface area contributed by atoms with Crippen molar-refractivity contribution in [2.75, 3.05) is 26.3 Å². The molecular weight excluding hydrogens is 204 g/mol. The molecule has 2 heterocycles. The van der Waals surface area contributed by atoms with Gasteiger partial charge in [0.05, 0.1) is 12.5 Å². The van der Waals surface area contributed by atoms with Gasteiger partial charge in [0, 0.05) is 19.2 Å². The second-order valence-corrected chi connectivity index (χ2v) is 5.12. The van der Waals surface area contributed by atoms with E-state index in [1.165, 1.54) is 0 Å². The summed E-state index contributed by atoms with van der Waals surface area (Å²) in [5.41, 5.74) is 0. The lowest BCUT2D eigenvalue weighted by Crippen LogP contribution is -2.50. The summed E-state index contributed by atoms with van der Waals surface area (Å²) < 4.78 is 5.34. The molecule has 0 bridgehead atoms. The Morgan fingerprint density at radius 2 is 2.31 bits per heavy atom. The fourth-order valence-corrected chi connectivity index (χ4v) is 2.53. The molecule has 4 heteroatoms. The van der Waals surface area contributed by atoms with Crippen LogP contribution < -0.4 is 10.6 Å². The molecule has 4 nitrogen and oxygen atoms in total. The molecule has 16 heavy (non-hydrogen) atoms. The Hall–Kier alpha value is -0.610. The van der Waals surface area contributed by atoms with Crippen LogP contribution in [-0.4, -0.2) is 38.3 Å². The highest BCUT2D eigenvalue weighted by atomic mass is 16.5. The smallest absolute Gasteiger partial charge is 0.225 e. The maximum Gasteiger partial charge on any atom is 0.225 e. The molecule has 0 saturated carbocycles. The van der Waals surface area contributed by atoms with E-state index < -0.39 is 0 Å². The zero-order valence-corrected chi connectivity index (χ0v) is 10.00. The van der Waals surface area contributed by atoms with Crippen molar-refractivity contribution in [3.05, 3.63) is 0 Å². The highest BCUT2D eigenvalue weighted by Crippen LogP contribution is 2.15. The molecule has 0 radical (unpaired) electrons. The molecule has 3 unspecified atom stereocenters. The third kappa shape index (κ3) is 3.19. The van der Waals surface area contributed by atoms with E-state index in [9.17, 15) is 4.79 Å². The van der Waals surface area contributed by atoms with Crippen LogP contribution in [-0.2, 0) is 9.53 Å². The summed E-state index contributed by atoms with van der Waals surface area (Å²) in [6, 6.07) is 0.304. The second kappa shape index (κ2) is 5.64. The second-order valence-electron chi connectivity index (χ2n) is 5.12. The average molecular weight is 226 g/mol. The molecule has 2 aliphatic heterocycles. The normalized spacial score (nSPS) is 35.7. The number of amides is 1. The van der Waals surface area contributed by atoms with Crippen LogP contribution in [0.3, 0.4) is 0 Å². The summed E-state index contributed by atoms with van der Waals surface area (Å²) in [6.45, 7) is 5.60. The number of nitrogens with one attached hydrogen (secondary N) is 2. The summed E-state index contributed by atoms with van der Waals surface area (Å²) >= 11 is 0. The molecule has 2 aliphatic rings. The summed E-state index contributed by atoms with van der Waals surface area (Å²) in [5, 5.41) is 6.48. The third-order valence-corrected chi connectivity index (χ3v) is 3.45. The first kappa shape index (κ1) is 11.9. The monoisotopic (exact) mass is 226 g/mol. The van der Waals surface area contributed by atoms with Crippen molar-refractivity contribution in [1.29, 1.82) is 0 Å². The van der Waals surface area contributed by atoms with Crippen LogP contribution in [0.5, 0.6) is 0 Å². The van der Waals surface area contributed by atoms with Gasteiger partial charge in [-0.3, -0.25) is 4.79 Å². The number of hydrogen-bond acceptors (Lipinski definition) is 3. The van der Waals surface area contributed by atoms with E-state index in [1.807, 2.05) is 0 Å². The number of piperidine rings is 1. The van der Waals surface area contributed by atoms with Crippen molar-refractivity contribution in [1.82, 2.24) is 10.6 Å². The maximum absolute atomic E-state index is 12.0. The fraction of sp³-hybridized carbons (Fsp3) is 0.917. The van der Waals surface area contributed by atoms with E-state index >= 15 is 0 Å². The fourth-order valence-electron chi connectivity index (χ4n) is 2.53. The van der Waals surface area contributed by atoms with Gasteiger partial charge in [0.2, 0.25) is 5.91 Å². The van der Waals surface area contributed by atoms with Gasteiger partial charge < -0.3 is 15.4 Å². The van der Waals surface area contributed by atoms with Crippen LogP contribution in [0.1, 0.15) is 26.2 Å². The lowest BCUT2D eigenvalue weighted by atomic mass is 9.96. The first-order valence-electron chi connectivity index (χ1n) is 6.34. The molecule has 2 rings (SSSR count). The minimum atomic E-state index is 0.0750. The topological polar surface area (TPSA) is 50.4 Å². The molecule has 2 N–H and O–H groups in total. The van der Waals surface area contributed by atoms with Crippen molar-refractivity contribution < 1.29 is 9.53 Å². The van der Waals surface area contributed by atoms with Crippen LogP contribution in [0.4, 0.5) is 0 Å². The third-order valence-electron chi connectivity index (χ3n) is 3.45. The molecule has 92 valence electrons. The van der Waals surface area contributed by atoms with Gasteiger partial charge in [-0.1, -0.05) is 6.92 Å². The summed E-state index contributed by atoms with van der Waals surface area (Å²) in [4.78, 5) is 12.0. The zero-order valence-electron chi connectivity index (χ0n) is 10.00. The molecule has 2 saturated heterocycles. The average Bonchev–Trinajstić information content (AvgIpc) is 2.30. The number of ether oxygens (including phenoxy) is 1. The standard InChI is InChI=1S/C12H22N2O2/c1-9-5-11(7-13-6-9)14-12(15)10-3-2-4-16-8-10/h9-11,13H,2-8H2,1H3,(H,14,15). The van der Waals surface area contributed by atoms with E-state index in [1.54, 1.807) is 0 Å². The van der Waals surface area contributed by atoms with E-state index in [-0.39, 0.29) is 11.8 Å². The van der Waals surface area contributed by atoms with Crippen LogP contribution in [0, 0.1) is 11.8 Å². The predicted octanol–water partition coefficient (Wildman–Crippen LogP) is 0.527. The van der Waals surface area contributed by atoms with E-state index in [0.29, 0.717) is 18.6 Å². The number of carbonyl (C=O) groups is 1. The van der Waals surface area contributed by atoms with Gasteiger partial charge in [0.15, 0.2) is 0 Å². The van der Waals surface area contributed by atoms with E-state index in [2.05, 4.69) is 17.6 Å². The number of carbonyl (C=O) groups excluding carboxylic acids is 1. The summed E-state index contributed by atoms with van der Waals surface area (Å²) in [6.07, 6.45) is 3.07. The highest BCUT2D eigenvalue weighted by Gasteiger charge is 2.25. The van der Waals surface area contributed by atoms with Crippen molar-refractivity contribution in [3.63, 3.8) is 0 Å². The van der Waals surface area contributed by atoms with Gasteiger partial charge in [0.1, 0.15) is 0 Å². The Morgan fingerprint density at radius 3 is 3.00 bits per heavy atom. The van der Waals surface area contributed by atoms with Crippen molar-refractivity contribution >= 4 is 5.91 Å². The predicted molar refractivity (Wildman–Crippen MR) is 62.1 cm³/mol. The Kier molecular flexibility index (Phi) is 4.18. The Bertz CT molecular complexity index is 239. The van der Waals surface area contributed by atoms with Gasteiger partial charge in [-0.15, -0.1) is 0 Å². The van der Waals surface area contributed by atoms with Gasteiger partial charge in [-0.05, 0) is 31.7 Å². The molecule has 0 aromatic heterocycles. The minimum absolute atomic E-state index is 0.0750. The first-order chi connectivity index (χ1) is 7.75. The first-order valence-corrected chi connectivity index (χ1v) is 6.34. The summed E-state index contributed by atoms with van der Waals surface area (Å²) in [7, 11) is 0. The molecule has 0 aliphatic carbocycles. The van der Waals surface area contributed by atoms with Crippen molar-refractivity contribution in [3.8, 4) is 0 Å². The maximum atomic E-state index is 12.0. The van der Waals surface area contributed by atoms with Crippen LogP contribution in [0.25, 0.3) is 0 Å². The van der Waals surface area contributed by atoms with Crippen LogP contribution in [0.15, 0.2) is 0 Å². The molecule has 0 spiro atoms. The lowest BCUT2D eigenvalue weighted by Gasteiger charge is -2.30. The number of rotatable bonds is 2. The van der Waals surface area contributed by atoms with Crippen molar-refractivity contribution in [2.24, 2.45) is 11.8 Å². The van der Waals surface area contributed by atoms with Gasteiger partial charge in [-0.25, -0.2) is 0 Å². The Labute approximate surface area is 97.1 Å². The van der Waals surface area contributed by atoms with Crippen LogP contribution in [0.2, 0.25) is 0 Å². The van der Waals surface area contributed by atoms with Gasteiger partial charge in [0.25, 0.3) is 0 Å². The molecule has 0 aromatic rings. The quantitative estimate of drug-likeness (QED) is 0.722. The van der Waals surface area contributed by atoms with E-state index in [4.69, 9.17) is 4.74 Å². The zero-order chi connectivity index (χ0) is 11.4.